The summed E-state index contributed by atoms with van der Waals surface area (Å²) in [7, 11) is 1.74. The molecule has 3 aromatic carbocycles. The molecule has 2 N–H and O–H groups in total. The first kappa shape index (κ1) is 22.1. The Kier molecular flexibility index (Phi) is 8.23. The van der Waals surface area contributed by atoms with Gasteiger partial charge in [0.1, 0.15) is 0 Å². The molecule has 0 unspecified atom stereocenters. The molecule has 31 heavy (non-hydrogen) atoms. The van der Waals surface area contributed by atoms with Crippen LogP contribution in [-0.4, -0.2) is 37.0 Å². The Morgan fingerprint density at radius 1 is 0.774 bits per heavy atom. The number of carbonyl (C=O) groups excluding carboxylic acids is 2. The Hall–Kier alpha value is -3.60. The van der Waals surface area contributed by atoms with Gasteiger partial charge < -0.3 is 15.5 Å². The van der Waals surface area contributed by atoms with Crippen molar-refractivity contribution >= 4 is 11.9 Å². The average Bonchev–Trinajstić information content (AvgIpc) is 2.81. The van der Waals surface area contributed by atoms with E-state index >= 15 is 0 Å². The summed E-state index contributed by atoms with van der Waals surface area (Å²) in [6.07, 6.45) is 0.237. The monoisotopic (exact) mass is 415 g/mol. The minimum absolute atomic E-state index is 0.0807. The molecular weight excluding hydrogens is 386 g/mol. The van der Waals surface area contributed by atoms with E-state index in [2.05, 4.69) is 34.9 Å². The zero-order valence-electron chi connectivity index (χ0n) is 17.8. The van der Waals surface area contributed by atoms with Gasteiger partial charge in [0.15, 0.2) is 0 Å². The molecular formula is C26H29N3O2. The zero-order chi connectivity index (χ0) is 21.9. The van der Waals surface area contributed by atoms with Crippen molar-refractivity contribution in [1.29, 1.82) is 0 Å². The lowest BCUT2D eigenvalue weighted by Crippen LogP contribution is -2.39. The summed E-state index contributed by atoms with van der Waals surface area (Å²) in [4.78, 5) is 26.2. The smallest absolute Gasteiger partial charge is 0.317 e. The summed E-state index contributed by atoms with van der Waals surface area (Å²) < 4.78 is 0. The molecule has 3 rings (SSSR count). The molecule has 0 fully saturated rings. The van der Waals surface area contributed by atoms with Crippen molar-refractivity contribution in [3.63, 3.8) is 0 Å². The van der Waals surface area contributed by atoms with Crippen molar-refractivity contribution in [2.45, 2.75) is 18.9 Å². The topological polar surface area (TPSA) is 61.4 Å². The van der Waals surface area contributed by atoms with Gasteiger partial charge in [0.25, 0.3) is 0 Å². The van der Waals surface area contributed by atoms with Crippen LogP contribution >= 0.6 is 0 Å². The number of urea groups is 1. The third-order valence-electron chi connectivity index (χ3n) is 5.14. The number of amides is 3. The van der Waals surface area contributed by atoms with Crippen LogP contribution in [0.2, 0.25) is 0 Å². The normalized spacial score (nSPS) is 10.5. The molecule has 0 atom stereocenters. The van der Waals surface area contributed by atoms with E-state index in [1.54, 1.807) is 11.9 Å². The number of rotatable bonds is 9. The van der Waals surface area contributed by atoms with Crippen LogP contribution in [0.5, 0.6) is 0 Å². The Bertz CT molecular complexity index is 907. The largest absolute Gasteiger partial charge is 0.355 e. The van der Waals surface area contributed by atoms with Gasteiger partial charge in [-0.1, -0.05) is 91.0 Å². The van der Waals surface area contributed by atoms with Crippen molar-refractivity contribution in [2.75, 3.05) is 20.1 Å². The van der Waals surface area contributed by atoms with Gasteiger partial charge in [-0.05, 0) is 16.7 Å². The molecule has 160 valence electrons. The Morgan fingerprint density at radius 2 is 1.29 bits per heavy atom. The van der Waals surface area contributed by atoms with Crippen LogP contribution in [-0.2, 0) is 11.3 Å². The number of nitrogens with one attached hydrogen (secondary N) is 2. The number of nitrogens with zero attached hydrogens (tertiary/aromatic N) is 1. The van der Waals surface area contributed by atoms with Gasteiger partial charge in [0, 0.05) is 39.0 Å². The number of hydrogen-bond acceptors (Lipinski definition) is 2. The fourth-order valence-corrected chi connectivity index (χ4v) is 3.45. The van der Waals surface area contributed by atoms with Gasteiger partial charge in [0.05, 0.1) is 0 Å². The fraction of sp³-hybridized carbons (Fsp3) is 0.231. The van der Waals surface area contributed by atoms with Gasteiger partial charge >= 0.3 is 6.03 Å². The van der Waals surface area contributed by atoms with E-state index in [1.807, 2.05) is 66.7 Å². The van der Waals surface area contributed by atoms with Gasteiger partial charge in [-0.3, -0.25) is 4.79 Å². The van der Waals surface area contributed by atoms with Crippen molar-refractivity contribution in [3.8, 4) is 0 Å². The van der Waals surface area contributed by atoms with E-state index in [4.69, 9.17) is 0 Å². The highest BCUT2D eigenvalue weighted by Gasteiger charge is 2.15. The van der Waals surface area contributed by atoms with Crippen molar-refractivity contribution in [3.05, 3.63) is 108 Å². The van der Waals surface area contributed by atoms with E-state index in [9.17, 15) is 9.59 Å². The highest BCUT2D eigenvalue weighted by atomic mass is 16.2. The molecule has 0 heterocycles. The van der Waals surface area contributed by atoms with E-state index in [0.717, 1.165) is 16.7 Å². The van der Waals surface area contributed by atoms with Gasteiger partial charge in [-0.2, -0.15) is 0 Å². The van der Waals surface area contributed by atoms with Gasteiger partial charge in [-0.25, -0.2) is 4.79 Å². The van der Waals surface area contributed by atoms with Crippen molar-refractivity contribution in [1.82, 2.24) is 15.5 Å². The van der Waals surface area contributed by atoms with E-state index in [0.29, 0.717) is 19.6 Å². The minimum Gasteiger partial charge on any atom is -0.355 e. The molecule has 0 radical (unpaired) electrons. The van der Waals surface area contributed by atoms with E-state index in [-0.39, 0.29) is 24.3 Å². The summed E-state index contributed by atoms with van der Waals surface area (Å²) >= 11 is 0. The predicted molar refractivity (Wildman–Crippen MR) is 124 cm³/mol. The summed E-state index contributed by atoms with van der Waals surface area (Å²) in [5, 5.41) is 5.83. The fourth-order valence-electron chi connectivity index (χ4n) is 3.45. The van der Waals surface area contributed by atoms with Crippen LogP contribution in [0.1, 0.15) is 29.0 Å². The summed E-state index contributed by atoms with van der Waals surface area (Å²) in [5.74, 6) is 0.000761. The first-order chi connectivity index (χ1) is 15.1. The Labute approximate surface area is 184 Å². The van der Waals surface area contributed by atoms with Crippen LogP contribution in [0.4, 0.5) is 4.79 Å². The van der Waals surface area contributed by atoms with Crippen LogP contribution < -0.4 is 10.6 Å². The van der Waals surface area contributed by atoms with Crippen LogP contribution in [0, 0.1) is 0 Å². The summed E-state index contributed by atoms with van der Waals surface area (Å²) in [6, 6.07) is 29.9. The average molecular weight is 416 g/mol. The van der Waals surface area contributed by atoms with Gasteiger partial charge in [0.2, 0.25) is 5.91 Å². The third-order valence-corrected chi connectivity index (χ3v) is 5.14. The number of carbonyl (C=O) groups is 2. The van der Waals surface area contributed by atoms with Crippen molar-refractivity contribution < 1.29 is 9.59 Å². The van der Waals surface area contributed by atoms with E-state index < -0.39 is 0 Å². The van der Waals surface area contributed by atoms with Gasteiger partial charge in [-0.15, -0.1) is 0 Å². The second-order valence-electron chi connectivity index (χ2n) is 7.50. The minimum atomic E-state index is -0.192. The second kappa shape index (κ2) is 11.6. The van der Waals surface area contributed by atoms with Crippen LogP contribution in [0.25, 0.3) is 0 Å². The predicted octanol–water partition coefficient (Wildman–Crippen LogP) is 4.17. The number of benzene rings is 3. The molecule has 0 saturated heterocycles. The molecule has 0 aliphatic heterocycles. The SMILES string of the molecule is CN(Cc1ccccc1)C(=O)NCCC(=O)NCC(c1ccccc1)c1ccccc1. The lowest BCUT2D eigenvalue weighted by Gasteiger charge is -2.20. The third kappa shape index (κ3) is 7.00. The summed E-state index contributed by atoms with van der Waals surface area (Å²) in [6.45, 7) is 1.33. The summed E-state index contributed by atoms with van der Waals surface area (Å²) in [5.41, 5.74) is 3.38. The molecule has 0 aliphatic rings. The molecule has 3 amide bonds. The molecule has 0 bridgehead atoms. The molecule has 5 heteroatoms. The van der Waals surface area contributed by atoms with Crippen LogP contribution in [0.15, 0.2) is 91.0 Å². The lowest BCUT2D eigenvalue weighted by molar-refractivity contribution is -0.120. The molecule has 0 aliphatic carbocycles. The zero-order valence-corrected chi connectivity index (χ0v) is 17.8. The van der Waals surface area contributed by atoms with E-state index in [1.165, 1.54) is 0 Å². The molecule has 5 nitrogen and oxygen atoms in total. The standard InChI is InChI=1S/C26H29N3O2/c1-29(20-21-11-5-2-6-12-21)26(31)27-18-17-25(30)28-19-24(22-13-7-3-8-14-22)23-15-9-4-10-16-23/h2-16,24H,17-20H2,1H3,(H,27,31)(H,28,30). The quantitative estimate of drug-likeness (QED) is 0.551. The van der Waals surface area contributed by atoms with Crippen LogP contribution in [0.3, 0.4) is 0 Å². The highest BCUT2D eigenvalue weighted by Crippen LogP contribution is 2.23. The molecule has 0 aromatic heterocycles. The Morgan fingerprint density at radius 3 is 1.84 bits per heavy atom. The first-order valence-corrected chi connectivity index (χ1v) is 10.5. The highest BCUT2D eigenvalue weighted by molar-refractivity contribution is 5.78. The lowest BCUT2D eigenvalue weighted by atomic mass is 9.91. The molecule has 3 aromatic rings. The first-order valence-electron chi connectivity index (χ1n) is 10.5. The maximum atomic E-state index is 12.4. The molecule has 0 saturated carbocycles. The maximum Gasteiger partial charge on any atom is 0.317 e. The second-order valence-corrected chi connectivity index (χ2v) is 7.50. The Balaban J connectivity index is 1.45. The number of hydrogen-bond donors (Lipinski definition) is 2. The maximum absolute atomic E-state index is 12.4. The van der Waals surface area contributed by atoms with Crippen molar-refractivity contribution in [2.24, 2.45) is 0 Å². The molecule has 0 spiro atoms.